The molecule has 0 radical (unpaired) electrons. The molecule has 0 aliphatic carbocycles. The second-order valence-corrected chi connectivity index (χ2v) is 3.07. The lowest BCUT2D eigenvalue weighted by Gasteiger charge is -1.96. The topological polar surface area (TPSA) is 69.1 Å². The number of nitrogen functional groups attached to an aromatic ring is 1. The Bertz CT molecular complexity index is 258. The molecule has 0 saturated carbocycles. The summed E-state index contributed by atoms with van der Waals surface area (Å²) in [6.45, 7) is 0. The Kier molecular flexibility index (Phi) is 2.38. The molecule has 0 aromatic heterocycles. The van der Waals surface area contributed by atoms with Crippen LogP contribution in [-0.4, -0.2) is 5.24 Å². The van der Waals surface area contributed by atoms with Crippen molar-refractivity contribution in [2.24, 2.45) is 5.73 Å². The Balaban J connectivity index is 2.74. The van der Waals surface area contributed by atoms with Gasteiger partial charge in [-0.2, -0.15) is 0 Å². The van der Waals surface area contributed by atoms with E-state index >= 15 is 0 Å². The summed E-state index contributed by atoms with van der Waals surface area (Å²) in [5, 5.41) is -0.408. The van der Waals surface area contributed by atoms with Gasteiger partial charge in [-0.05, 0) is 36.0 Å². The molecule has 0 unspecified atom stereocenters. The van der Waals surface area contributed by atoms with Crippen LogP contribution in [0.1, 0.15) is 0 Å². The molecule has 0 saturated heterocycles. The van der Waals surface area contributed by atoms with Crippen LogP contribution in [0.2, 0.25) is 0 Å². The van der Waals surface area contributed by atoms with E-state index in [4.69, 9.17) is 11.5 Å². The van der Waals surface area contributed by atoms with Crippen molar-refractivity contribution in [2.75, 3.05) is 5.73 Å². The summed E-state index contributed by atoms with van der Waals surface area (Å²) in [6.07, 6.45) is 0. The zero-order chi connectivity index (χ0) is 8.27. The smallest absolute Gasteiger partial charge is 0.281 e. The average molecular weight is 168 g/mol. The molecular formula is C7H8N2OS. The van der Waals surface area contributed by atoms with Crippen LogP contribution in [0, 0.1) is 0 Å². The van der Waals surface area contributed by atoms with E-state index in [1.165, 1.54) is 0 Å². The lowest BCUT2D eigenvalue weighted by molar-refractivity contribution is 0.267. The Hall–Kier alpha value is -1.16. The lowest BCUT2D eigenvalue weighted by Crippen LogP contribution is -2.01. The normalized spacial score (nSPS) is 9.45. The summed E-state index contributed by atoms with van der Waals surface area (Å²) in [7, 11) is 0. The molecule has 0 atom stereocenters. The van der Waals surface area contributed by atoms with Crippen LogP contribution in [0.5, 0.6) is 0 Å². The molecule has 1 rings (SSSR count). The van der Waals surface area contributed by atoms with E-state index < -0.39 is 5.24 Å². The molecule has 58 valence electrons. The van der Waals surface area contributed by atoms with E-state index in [0.717, 1.165) is 16.7 Å². The van der Waals surface area contributed by atoms with Gasteiger partial charge in [-0.1, -0.05) is 0 Å². The molecule has 11 heavy (non-hydrogen) atoms. The first kappa shape index (κ1) is 7.94. The Morgan fingerprint density at radius 1 is 1.27 bits per heavy atom. The standard InChI is InChI=1S/C7H8N2OS/c8-5-1-3-6(4-2-5)11-7(9)10/h1-4H,8H2,(H2,9,10). The first-order valence-electron chi connectivity index (χ1n) is 3.01. The second kappa shape index (κ2) is 3.30. The van der Waals surface area contributed by atoms with Crippen LogP contribution in [0.4, 0.5) is 10.5 Å². The molecule has 0 spiro atoms. The number of benzene rings is 1. The number of carbonyl (C=O) groups excluding carboxylic acids is 1. The third-order valence-electron chi connectivity index (χ3n) is 1.10. The lowest BCUT2D eigenvalue weighted by atomic mass is 10.3. The highest BCUT2D eigenvalue weighted by molar-refractivity contribution is 8.13. The number of hydrogen-bond donors (Lipinski definition) is 2. The van der Waals surface area contributed by atoms with Crippen molar-refractivity contribution < 1.29 is 4.79 Å². The molecule has 4 heteroatoms. The van der Waals surface area contributed by atoms with Crippen molar-refractivity contribution in [3.8, 4) is 0 Å². The van der Waals surface area contributed by atoms with Crippen LogP contribution >= 0.6 is 11.8 Å². The molecule has 1 aromatic rings. The van der Waals surface area contributed by atoms with Crippen molar-refractivity contribution in [1.82, 2.24) is 0 Å². The maximum atomic E-state index is 10.4. The first-order valence-corrected chi connectivity index (χ1v) is 3.83. The summed E-state index contributed by atoms with van der Waals surface area (Å²) in [6, 6.07) is 6.96. The predicted octanol–water partition coefficient (Wildman–Crippen LogP) is 1.44. The fourth-order valence-electron chi connectivity index (χ4n) is 0.652. The highest BCUT2D eigenvalue weighted by atomic mass is 32.2. The number of thioether (sulfide) groups is 1. The summed E-state index contributed by atoms with van der Waals surface area (Å²) in [5.74, 6) is 0. The van der Waals surface area contributed by atoms with Crippen molar-refractivity contribution in [2.45, 2.75) is 4.90 Å². The SMILES string of the molecule is NC(=O)Sc1ccc(N)cc1. The Morgan fingerprint density at radius 2 is 1.82 bits per heavy atom. The van der Waals surface area contributed by atoms with E-state index in [-0.39, 0.29) is 0 Å². The van der Waals surface area contributed by atoms with Crippen molar-refractivity contribution in [3.63, 3.8) is 0 Å². The number of anilines is 1. The fraction of sp³-hybridized carbons (Fsp3) is 0. The van der Waals surface area contributed by atoms with E-state index in [1.807, 2.05) is 0 Å². The van der Waals surface area contributed by atoms with Gasteiger partial charge in [0.1, 0.15) is 0 Å². The van der Waals surface area contributed by atoms with Gasteiger partial charge in [-0.3, -0.25) is 4.79 Å². The minimum absolute atomic E-state index is 0.408. The minimum atomic E-state index is -0.408. The zero-order valence-corrected chi connectivity index (χ0v) is 6.60. The van der Waals surface area contributed by atoms with Crippen molar-refractivity contribution in [3.05, 3.63) is 24.3 Å². The molecule has 0 aliphatic heterocycles. The monoisotopic (exact) mass is 168 g/mol. The maximum Gasteiger partial charge on any atom is 0.281 e. The van der Waals surface area contributed by atoms with Gasteiger partial charge in [-0.25, -0.2) is 0 Å². The van der Waals surface area contributed by atoms with Gasteiger partial charge < -0.3 is 11.5 Å². The number of nitrogens with two attached hydrogens (primary N) is 2. The predicted molar refractivity (Wildman–Crippen MR) is 46.3 cm³/mol. The van der Waals surface area contributed by atoms with E-state index in [9.17, 15) is 4.79 Å². The average Bonchev–Trinajstić information content (AvgIpc) is 1.93. The number of carbonyl (C=O) groups is 1. The molecule has 0 aliphatic rings. The molecule has 1 amide bonds. The van der Waals surface area contributed by atoms with Gasteiger partial charge in [0.15, 0.2) is 0 Å². The number of hydrogen-bond acceptors (Lipinski definition) is 3. The van der Waals surface area contributed by atoms with Crippen molar-refractivity contribution >= 4 is 22.7 Å². The van der Waals surface area contributed by atoms with Gasteiger partial charge in [-0.15, -0.1) is 0 Å². The first-order chi connectivity index (χ1) is 5.18. The second-order valence-electron chi connectivity index (χ2n) is 1.99. The van der Waals surface area contributed by atoms with Gasteiger partial charge in [0.05, 0.1) is 0 Å². The molecule has 1 aromatic carbocycles. The van der Waals surface area contributed by atoms with Gasteiger partial charge >= 0.3 is 0 Å². The zero-order valence-electron chi connectivity index (χ0n) is 5.78. The third-order valence-corrected chi connectivity index (χ3v) is 1.81. The molecule has 0 heterocycles. The summed E-state index contributed by atoms with van der Waals surface area (Å²) in [4.78, 5) is 11.2. The Morgan fingerprint density at radius 3 is 2.27 bits per heavy atom. The molecule has 4 N–H and O–H groups in total. The molecule has 0 bridgehead atoms. The summed E-state index contributed by atoms with van der Waals surface area (Å²) in [5.41, 5.74) is 11.1. The molecule has 0 fully saturated rings. The van der Waals surface area contributed by atoms with Crippen LogP contribution in [-0.2, 0) is 0 Å². The number of rotatable bonds is 1. The van der Waals surface area contributed by atoms with Crippen LogP contribution in [0.3, 0.4) is 0 Å². The van der Waals surface area contributed by atoms with Gasteiger partial charge in [0.25, 0.3) is 5.24 Å². The third kappa shape index (κ3) is 2.51. The Labute approximate surface area is 68.8 Å². The van der Waals surface area contributed by atoms with Crippen molar-refractivity contribution in [1.29, 1.82) is 0 Å². The largest absolute Gasteiger partial charge is 0.399 e. The minimum Gasteiger partial charge on any atom is -0.399 e. The fourth-order valence-corrected chi connectivity index (χ4v) is 1.16. The van der Waals surface area contributed by atoms with Crippen LogP contribution < -0.4 is 11.5 Å². The van der Waals surface area contributed by atoms with E-state index in [2.05, 4.69) is 0 Å². The highest BCUT2D eigenvalue weighted by Crippen LogP contribution is 2.18. The maximum absolute atomic E-state index is 10.4. The summed E-state index contributed by atoms with van der Waals surface area (Å²) >= 11 is 0.990. The van der Waals surface area contributed by atoms with Gasteiger partial charge in [0.2, 0.25) is 0 Å². The van der Waals surface area contributed by atoms with E-state index in [1.54, 1.807) is 24.3 Å². The number of amides is 1. The molecule has 3 nitrogen and oxygen atoms in total. The number of primary amides is 1. The van der Waals surface area contributed by atoms with Crippen LogP contribution in [0.15, 0.2) is 29.2 Å². The quantitative estimate of drug-likeness (QED) is 0.492. The highest BCUT2D eigenvalue weighted by Gasteiger charge is 1.96. The molecular weight excluding hydrogens is 160 g/mol. The summed E-state index contributed by atoms with van der Waals surface area (Å²) < 4.78 is 0. The van der Waals surface area contributed by atoms with Gasteiger partial charge in [0, 0.05) is 10.6 Å². The van der Waals surface area contributed by atoms with Crippen LogP contribution in [0.25, 0.3) is 0 Å². The van der Waals surface area contributed by atoms with E-state index in [0.29, 0.717) is 5.69 Å².